The summed E-state index contributed by atoms with van der Waals surface area (Å²) in [4.78, 5) is 17.3. The fourth-order valence-electron chi connectivity index (χ4n) is 3.52. The molecule has 0 spiro atoms. The van der Waals surface area contributed by atoms with Gasteiger partial charge in [0.1, 0.15) is 5.82 Å². The first-order valence-electron chi connectivity index (χ1n) is 10.2. The molecule has 1 heterocycles. The van der Waals surface area contributed by atoms with Gasteiger partial charge in [-0.2, -0.15) is 0 Å². The summed E-state index contributed by atoms with van der Waals surface area (Å²) in [7, 11) is 0. The molecule has 1 aliphatic rings. The van der Waals surface area contributed by atoms with Gasteiger partial charge >= 0.3 is 0 Å². The number of carbonyl (C=O) groups excluding carboxylic acids is 1. The minimum Gasteiger partial charge on any atom is -0.379 e. The predicted molar refractivity (Wildman–Crippen MR) is 114 cm³/mol. The molecule has 1 saturated heterocycles. The first-order valence-corrected chi connectivity index (χ1v) is 10.2. The van der Waals surface area contributed by atoms with E-state index < -0.39 is 0 Å². The largest absolute Gasteiger partial charge is 0.379 e. The molecule has 3 rings (SSSR count). The van der Waals surface area contributed by atoms with Crippen LogP contribution in [0.15, 0.2) is 60.2 Å². The van der Waals surface area contributed by atoms with Gasteiger partial charge < -0.3 is 9.64 Å². The zero-order valence-electron chi connectivity index (χ0n) is 17.0. The molecule has 0 atom stereocenters. The normalized spacial score (nSPS) is 15.3. The number of amides is 1. The summed E-state index contributed by atoms with van der Waals surface area (Å²) < 4.78 is 18.7. The highest BCUT2D eigenvalue weighted by molar-refractivity contribution is 5.94. The Kier molecular flexibility index (Phi) is 7.96. The highest BCUT2D eigenvalue weighted by atomic mass is 19.1. The monoisotopic (exact) mass is 396 g/mol. The molecule has 29 heavy (non-hydrogen) atoms. The smallest absolute Gasteiger partial charge is 0.254 e. The maximum Gasteiger partial charge on any atom is 0.254 e. The standard InChI is InChI=1S/C24H29FN2O2/c1-20(18-21-6-3-2-4-7-21)19-27(13-5-12-26-14-16-29-17-15-26)24(28)22-8-10-23(25)11-9-22/h2-4,6-11,18H,5,12-17,19H2,1H3/b20-18+. The maximum atomic E-state index is 13.3. The van der Waals surface area contributed by atoms with Crippen molar-refractivity contribution in [1.29, 1.82) is 0 Å². The van der Waals surface area contributed by atoms with Crippen LogP contribution in [0.4, 0.5) is 4.39 Å². The van der Waals surface area contributed by atoms with E-state index in [1.165, 1.54) is 12.1 Å². The second-order valence-electron chi connectivity index (χ2n) is 7.44. The molecule has 0 saturated carbocycles. The molecule has 0 bridgehead atoms. The van der Waals surface area contributed by atoms with Crippen LogP contribution < -0.4 is 0 Å². The molecule has 1 amide bonds. The Labute approximate surface area is 172 Å². The number of hydrogen-bond donors (Lipinski definition) is 0. The van der Waals surface area contributed by atoms with Gasteiger partial charge in [-0.25, -0.2) is 4.39 Å². The van der Waals surface area contributed by atoms with Crippen LogP contribution in [0.25, 0.3) is 6.08 Å². The van der Waals surface area contributed by atoms with E-state index >= 15 is 0 Å². The zero-order valence-corrected chi connectivity index (χ0v) is 17.0. The van der Waals surface area contributed by atoms with Crippen molar-refractivity contribution in [2.75, 3.05) is 45.9 Å². The molecule has 2 aromatic rings. The number of ether oxygens (including phenoxy) is 1. The number of carbonyl (C=O) groups is 1. The quantitative estimate of drug-likeness (QED) is 0.674. The predicted octanol–water partition coefficient (Wildman–Crippen LogP) is 4.09. The fraction of sp³-hybridized carbons (Fsp3) is 0.375. The van der Waals surface area contributed by atoms with Crippen LogP contribution in [0.1, 0.15) is 29.3 Å². The summed E-state index contributed by atoms with van der Waals surface area (Å²) in [6.45, 7) is 7.63. The van der Waals surface area contributed by atoms with Crippen molar-refractivity contribution in [1.82, 2.24) is 9.80 Å². The van der Waals surface area contributed by atoms with Crippen LogP contribution in [0, 0.1) is 5.82 Å². The van der Waals surface area contributed by atoms with E-state index in [-0.39, 0.29) is 11.7 Å². The van der Waals surface area contributed by atoms with E-state index in [1.54, 1.807) is 12.1 Å². The first kappa shape index (κ1) is 21.2. The minimum absolute atomic E-state index is 0.0622. The highest BCUT2D eigenvalue weighted by Gasteiger charge is 2.17. The van der Waals surface area contributed by atoms with Crippen molar-refractivity contribution in [2.45, 2.75) is 13.3 Å². The molecular weight excluding hydrogens is 367 g/mol. The lowest BCUT2D eigenvalue weighted by Gasteiger charge is -2.28. The van der Waals surface area contributed by atoms with Gasteiger partial charge in [-0.1, -0.05) is 42.0 Å². The number of benzene rings is 2. The third-order valence-corrected chi connectivity index (χ3v) is 5.04. The Balaban J connectivity index is 1.66. The first-order chi connectivity index (χ1) is 14.1. The van der Waals surface area contributed by atoms with Crippen LogP contribution in [0.5, 0.6) is 0 Å². The molecular formula is C24H29FN2O2. The van der Waals surface area contributed by atoms with Crippen molar-refractivity contribution >= 4 is 12.0 Å². The number of halogens is 1. The molecule has 1 aliphatic heterocycles. The summed E-state index contributed by atoms with van der Waals surface area (Å²) >= 11 is 0. The summed E-state index contributed by atoms with van der Waals surface area (Å²) in [5, 5.41) is 0. The Morgan fingerprint density at radius 3 is 2.48 bits per heavy atom. The van der Waals surface area contributed by atoms with Crippen LogP contribution in [-0.2, 0) is 4.74 Å². The third kappa shape index (κ3) is 6.80. The van der Waals surface area contributed by atoms with Crippen molar-refractivity contribution in [2.24, 2.45) is 0 Å². The molecule has 4 nitrogen and oxygen atoms in total. The second kappa shape index (κ2) is 10.9. The number of rotatable bonds is 8. The second-order valence-corrected chi connectivity index (χ2v) is 7.44. The molecule has 0 aliphatic carbocycles. The van der Waals surface area contributed by atoms with Crippen LogP contribution in [0.2, 0.25) is 0 Å². The van der Waals surface area contributed by atoms with E-state index in [4.69, 9.17) is 4.74 Å². The lowest BCUT2D eigenvalue weighted by Crippen LogP contribution is -2.39. The lowest BCUT2D eigenvalue weighted by molar-refractivity contribution is 0.0358. The Bertz CT molecular complexity index is 799. The van der Waals surface area contributed by atoms with E-state index in [0.29, 0.717) is 18.7 Å². The number of morpholine rings is 1. The van der Waals surface area contributed by atoms with E-state index in [0.717, 1.165) is 50.4 Å². The van der Waals surface area contributed by atoms with E-state index in [1.807, 2.05) is 42.2 Å². The number of nitrogens with zero attached hydrogens (tertiary/aromatic N) is 2. The molecule has 154 valence electrons. The SMILES string of the molecule is C/C(=C\c1ccccc1)CN(CCCN1CCOCC1)C(=O)c1ccc(F)cc1. The van der Waals surface area contributed by atoms with E-state index in [2.05, 4.69) is 11.0 Å². The Morgan fingerprint density at radius 1 is 1.10 bits per heavy atom. The summed E-state index contributed by atoms with van der Waals surface area (Å²) in [5.74, 6) is -0.395. The van der Waals surface area contributed by atoms with Crippen molar-refractivity contribution in [3.63, 3.8) is 0 Å². The molecule has 0 aromatic heterocycles. The number of hydrogen-bond acceptors (Lipinski definition) is 3. The van der Waals surface area contributed by atoms with Crippen LogP contribution >= 0.6 is 0 Å². The third-order valence-electron chi connectivity index (χ3n) is 5.04. The minimum atomic E-state index is -0.333. The summed E-state index contributed by atoms with van der Waals surface area (Å²) in [5.41, 5.74) is 2.75. The van der Waals surface area contributed by atoms with Gasteiger partial charge in [-0.15, -0.1) is 0 Å². The molecule has 2 aromatic carbocycles. The van der Waals surface area contributed by atoms with Gasteiger partial charge in [-0.3, -0.25) is 9.69 Å². The van der Waals surface area contributed by atoms with Crippen LogP contribution in [0.3, 0.4) is 0 Å². The van der Waals surface area contributed by atoms with Gasteiger partial charge in [0.25, 0.3) is 5.91 Å². The molecule has 1 fully saturated rings. The molecule has 0 radical (unpaired) electrons. The topological polar surface area (TPSA) is 32.8 Å². The molecule has 5 heteroatoms. The Hall–Kier alpha value is -2.50. The summed E-state index contributed by atoms with van der Waals surface area (Å²) in [6.07, 6.45) is 3.00. The van der Waals surface area contributed by atoms with Crippen molar-refractivity contribution < 1.29 is 13.9 Å². The molecule has 0 unspecified atom stereocenters. The van der Waals surface area contributed by atoms with Gasteiger partial charge in [0.15, 0.2) is 0 Å². The molecule has 0 N–H and O–H groups in total. The summed E-state index contributed by atoms with van der Waals surface area (Å²) in [6, 6.07) is 15.9. The average Bonchev–Trinajstić information content (AvgIpc) is 2.74. The van der Waals surface area contributed by atoms with Crippen LogP contribution in [-0.4, -0.2) is 61.6 Å². The zero-order chi connectivity index (χ0) is 20.5. The van der Waals surface area contributed by atoms with Gasteiger partial charge in [-0.05, 0) is 43.2 Å². The van der Waals surface area contributed by atoms with Gasteiger partial charge in [0, 0.05) is 38.3 Å². The fourth-order valence-corrected chi connectivity index (χ4v) is 3.52. The highest BCUT2D eigenvalue weighted by Crippen LogP contribution is 2.13. The maximum absolute atomic E-state index is 13.3. The lowest BCUT2D eigenvalue weighted by atomic mass is 10.1. The Morgan fingerprint density at radius 2 is 1.79 bits per heavy atom. The van der Waals surface area contributed by atoms with E-state index in [9.17, 15) is 9.18 Å². The van der Waals surface area contributed by atoms with Crippen molar-refractivity contribution in [3.05, 3.63) is 77.1 Å². The van der Waals surface area contributed by atoms with Gasteiger partial charge in [0.2, 0.25) is 0 Å². The van der Waals surface area contributed by atoms with Crippen molar-refractivity contribution in [3.8, 4) is 0 Å². The average molecular weight is 397 g/mol. The van der Waals surface area contributed by atoms with Gasteiger partial charge in [0.05, 0.1) is 13.2 Å².